The van der Waals surface area contributed by atoms with Crippen LogP contribution >= 0.6 is 12.2 Å². The molecule has 1 aromatic rings. The van der Waals surface area contributed by atoms with Crippen LogP contribution in [0.5, 0.6) is 0 Å². The highest BCUT2D eigenvalue weighted by molar-refractivity contribution is 7.71. The summed E-state index contributed by atoms with van der Waals surface area (Å²) in [4.78, 5) is 12.9. The van der Waals surface area contributed by atoms with E-state index in [9.17, 15) is 10.1 Å². The zero-order chi connectivity index (χ0) is 11.4. The fourth-order valence-corrected chi connectivity index (χ4v) is 1.64. The number of nitrogens with zero attached hydrogens (tertiary/aromatic N) is 1. The first-order chi connectivity index (χ1) is 7.06. The standard InChI is InChI=1S/C9H13N3O2S/c1-2-3-4-6-5-7(15)8(12(13)14)9(10)11-6/h5H,2-4H2,1H3,(H3,10,11,15). The number of pyridine rings is 1. The van der Waals surface area contributed by atoms with Gasteiger partial charge in [0.25, 0.3) is 0 Å². The molecule has 1 rings (SSSR count). The van der Waals surface area contributed by atoms with Crippen molar-refractivity contribution in [1.29, 1.82) is 0 Å². The maximum Gasteiger partial charge on any atom is 0.327 e. The summed E-state index contributed by atoms with van der Waals surface area (Å²) in [6.45, 7) is 2.07. The number of aryl methyl sites for hydroxylation is 1. The Labute approximate surface area is 92.5 Å². The molecule has 6 heteroatoms. The number of nitrogens with one attached hydrogen (secondary N) is 1. The number of hydrogen-bond donors (Lipinski definition) is 2. The van der Waals surface area contributed by atoms with E-state index in [0.717, 1.165) is 25.0 Å². The van der Waals surface area contributed by atoms with E-state index in [4.69, 9.17) is 18.0 Å². The van der Waals surface area contributed by atoms with Gasteiger partial charge in [-0.3, -0.25) is 10.1 Å². The summed E-state index contributed by atoms with van der Waals surface area (Å²) in [6, 6.07) is 1.61. The molecule has 0 radical (unpaired) electrons. The van der Waals surface area contributed by atoms with Crippen LogP contribution in [0.25, 0.3) is 0 Å². The Morgan fingerprint density at radius 3 is 2.80 bits per heavy atom. The van der Waals surface area contributed by atoms with E-state index < -0.39 is 4.92 Å². The van der Waals surface area contributed by atoms with Crippen LogP contribution in [0, 0.1) is 14.6 Å². The molecule has 0 spiro atoms. The molecule has 0 saturated heterocycles. The van der Waals surface area contributed by atoms with Gasteiger partial charge in [-0.1, -0.05) is 25.6 Å². The van der Waals surface area contributed by atoms with Crippen molar-refractivity contribution in [2.45, 2.75) is 26.2 Å². The van der Waals surface area contributed by atoms with Crippen molar-refractivity contribution in [3.63, 3.8) is 0 Å². The maximum atomic E-state index is 10.6. The highest BCUT2D eigenvalue weighted by Gasteiger charge is 2.15. The molecule has 1 heterocycles. The van der Waals surface area contributed by atoms with E-state index in [0.29, 0.717) is 0 Å². The van der Waals surface area contributed by atoms with Gasteiger partial charge in [-0.05, 0) is 18.9 Å². The predicted octanol–water partition coefficient (Wildman–Crippen LogP) is 2.58. The molecule has 0 saturated carbocycles. The first-order valence-corrected chi connectivity index (χ1v) is 5.13. The fraction of sp³-hybridized carbons (Fsp3) is 0.444. The summed E-state index contributed by atoms with van der Waals surface area (Å²) in [7, 11) is 0. The lowest BCUT2D eigenvalue weighted by Crippen LogP contribution is -2.02. The van der Waals surface area contributed by atoms with Crippen molar-refractivity contribution in [3.8, 4) is 0 Å². The molecular formula is C9H13N3O2S. The van der Waals surface area contributed by atoms with E-state index in [1.54, 1.807) is 6.07 Å². The normalized spacial score (nSPS) is 10.2. The lowest BCUT2D eigenvalue weighted by Gasteiger charge is -2.03. The van der Waals surface area contributed by atoms with Gasteiger partial charge in [0.05, 0.1) is 4.92 Å². The van der Waals surface area contributed by atoms with E-state index in [-0.39, 0.29) is 16.0 Å². The third kappa shape index (κ3) is 2.76. The molecule has 3 N–H and O–H groups in total. The number of nitrogens with two attached hydrogens (primary N) is 1. The van der Waals surface area contributed by atoms with Crippen molar-refractivity contribution in [1.82, 2.24) is 4.98 Å². The van der Waals surface area contributed by atoms with Crippen LogP contribution in [0.3, 0.4) is 0 Å². The number of anilines is 1. The van der Waals surface area contributed by atoms with Gasteiger partial charge >= 0.3 is 5.69 Å². The number of rotatable bonds is 4. The number of aromatic nitrogens is 1. The van der Waals surface area contributed by atoms with Gasteiger partial charge in [0.15, 0.2) is 5.82 Å². The second-order valence-corrected chi connectivity index (χ2v) is 3.72. The van der Waals surface area contributed by atoms with Crippen LogP contribution in [-0.4, -0.2) is 9.91 Å². The molecule has 1 aromatic heterocycles. The monoisotopic (exact) mass is 227 g/mol. The molecule has 0 aliphatic rings. The smallest absolute Gasteiger partial charge is 0.327 e. The number of aromatic amines is 1. The van der Waals surface area contributed by atoms with Crippen LogP contribution < -0.4 is 5.73 Å². The number of nitro groups is 1. The molecule has 0 aromatic carbocycles. The Kier molecular flexibility index (Phi) is 3.79. The van der Waals surface area contributed by atoms with Gasteiger partial charge in [-0.2, -0.15) is 0 Å². The van der Waals surface area contributed by atoms with Gasteiger partial charge in [0.2, 0.25) is 0 Å². The summed E-state index contributed by atoms with van der Waals surface area (Å²) in [5, 5.41) is 10.6. The minimum atomic E-state index is -0.558. The van der Waals surface area contributed by atoms with E-state index in [1.165, 1.54) is 0 Å². The largest absolute Gasteiger partial charge is 0.379 e. The molecule has 5 nitrogen and oxygen atoms in total. The van der Waals surface area contributed by atoms with Crippen LogP contribution in [0.2, 0.25) is 0 Å². The van der Waals surface area contributed by atoms with Crippen molar-refractivity contribution in [3.05, 3.63) is 26.4 Å². The van der Waals surface area contributed by atoms with Crippen molar-refractivity contribution >= 4 is 23.7 Å². The lowest BCUT2D eigenvalue weighted by atomic mass is 10.2. The second kappa shape index (κ2) is 4.88. The fourth-order valence-electron chi connectivity index (χ4n) is 1.32. The predicted molar refractivity (Wildman–Crippen MR) is 61.3 cm³/mol. The Hall–Kier alpha value is -1.43. The summed E-state index contributed by atoms with van der Waals surface area (Å²) in [5.74, 6) is 0.0404. The summed E-state index contributed by atoms with van der Waals surface area (Å²) < 4.78 is 0.197. The molecule has 0 aliphatic carbocycles. The zero-order valence-corrected chi connectivity index (χ0v) is 9.26. The van der Waals surface area contributed by atoms with Crippen molar-refractivity contribution < 1.29 is 4.92 Å². The van der Waals surface area contributed by atoms with Crippen LogP contribution in [-0.2, 0) is 6.42 Å². The topological polar surface area (TPSA) is 84.9 Å². The van der Waals surface area contributed by atoms with E-state index >= 15 is 0 Å². The number of H-pyrrole nitrogens is 1. The first kappa shape index (κ1) is 11.6. The average molecular weight is 227 g/mol. The molecule has 15 heavy (non-hydrogen) atoms. The zero-order valence-electron chi connectivity index (χ0n) is 8.45. The van der Waals surface area contributed by atoms with Gasteiger partial charge in [0.1, 0.15) is 4.51 Å². The van der Waals surface area contributed by atoms with Gasteiger partial charge in [-0.25, -0.2) is 0 Å². The molecule has 0 bridgehead atoms. The first-order valence-electron chi connectivity index (χ1n) is 4.72. The quantitative estimate of drug-likeness (QED) is 0.470. The van der Waals surface area contributed by atoms with Crippen LogP contribution in [0.15, 0.2) is 6.07 Å². The molecular weight excluding hydrogens is 214 g/mol. The SMILES string of the molecule is CCCCc1cc(=S)c([N+](=O)[O-])c(N)[nH]1. The van der Waals surface area contributed by atoms with Gasteiger partial charge < -0.3 is 10.7 Å². The number of nitrogen functional groups attached to an aromatic ring is 1. The minimum Gasteiger partial charge on any atom is -0.379 e. The Balaban J connectivity index is 3.09. The molecule has 0 amide bonds. The minimum absolute atomic E-state index is 0.0404. The lowest BCUT2D eigenvalue weighted by molar-refractivity contribution is -0.384. The van der Waals surface area contributed by atoms with Crippen LogP contribution in [0.1, 0.15) is 25.5 Å². The maximum absolute atomic E-state index is 10.6. The third-order valence-electron chi connectivity index (χ3n) is 2.07. The second-order valence-electron chi connectivity index (χ2n) is 3.28. The number of unbranched alkanes of at least 4 members (excludes halogenated alkanes) is 1. The summed E-state index contributed by atoms with van der Waals surface area (Å²) in [6.07, 6.45) is 2.86. The van der Waals surface area contributed by atoms with E-state index in [1.807, 2.05) is 0 Å². The van der Waals surface area contributed by atoms with E-state index in [2.05, 4.69) is 11.9 Å². The summed E-state index contributed by atoms with van der Waals surface area (Å²) in [5.41, 5.74) is 6.18. The average Bonchev–Trinajstić information content (AvgIpc) is 2.12. The highest BCUT2D eigenvalue weighted by Crippen LogP contribution is 2.21. The molecule has 0 aliphatic heterocycles. The van der Waals surface area contributed by atoms with Crippen LogP contribution in [0.4, 0.5) is 11.5 Å². The van der Waals surface area contributed by atoms with Crippen molar-refractivity contribution in [2.75, 3.05) is 5.73 Å². The molecule has 82 valence electrons. The van der Waals surface area contributed by atoms with Crippen molar-refractivity contribution in [2.24, 2.45) is 0 Å². The Morgan fingerprint density at radius 2 is 2.33 bits per heavy atom. The third-order valence-corrected chi connectivity index (χ3v) is 2.38. The molecule has 0 unspecified atom stereocenters. The molecule has 0 atom stereocenters. The highest BCUT2D eigenvalue weighted by atomic mass is 32.1. The Morgan fingerprint density at radius 1 is 1.67 bits per heavy atom. The number of hydrogen-bond acceptors (Lipinski definition) is 4. The van der Waals surface area contributed by atoms with Gasteiger partial charge in [-0.15, -0.1) is 0 Å². The summed E-state index contributed by atoms with van der Waals surface area (Å²) >= 11 is 4.91. The molecule has 0 fully saturated rings. The van der Waals surface area contributed by atoms with Gasteiger partial charge in [0, 0.05) is 5.69 Å². The Bertz CT molecular complexity index is 428.